The van der Waals surface area contributed by atoms with Crippen LogP contribution in [0.4, 0.5) is 0 Å². The van der Waals surface area contributed by atoms with Crippen LogP contribution in [0.2, 0.25) is 0 Å². The smallest absolute Gasteiger partial charge is 0.232 e. The number of nitrogens with two attached hydrogens (primary N) is 1. The van der Waals surface area contributed by atoms with E-state index < -0.39 is 0 Å². The van der Waals surface area contributed by atoms with Crippen LogP contribution in [0.1, 0.15) is 55.7 Å². The fourth-order valence-electron chi connectivity index (χ4n) is 2.93. The molecule has 0 bridgehead atoms. The number of hydrogen-bond acceptors (Lipinski definition) is 7. The number of aromatic nitrogens is 2. The van der Waals surface area contributed by atoms with Crippen LogP contribution in [0.15, 0.2) is 41.7 Å². The van der Waals surface area contributed by atoms with E-state index in [-0.39, 0.29) is 25.2 Å². The van der Waals surface area contributed by atoms with Crippen molar-refractivity contribution >= 4 is 22.7 Å². The molecule has 1 aliphatic rings. The number of nitrogens with zero attached hydrogens (tertiary/aromatic N) is 3. The largest absolute Gasteiger partial charge is 0.477 e. The second kappa shape index (κ2) is 9.68. The van der Waals surface area contributed by atoms with Crippen molar-refractivity contribution in [1.29, 1.82) is 0 Å². The van der Waals surface area contributed by atoms with E-state index in [0.29, 0.717) is 23.3 Å². The lowest BCUT2D eigenvalue weighted by atomic mass is 9.88. The van der Waals surface area contributed by atoms with Gasteiger partial charge in [0, 0.05) is 12.2 Å². The lowest BCUT2D eigenvalue weighted by Crippen LogP contribution is -2.28. The number of thioether (sulfide) groups is 1. The molecule has 6 nitrogen and oxygen atoms in total. The van der Waals surface area contributed by atoms with Gasteiger partial charge in [-0.2, -0.15) is 0 Å². The average Bonchev–Trinajstić information content (AvgIpc) is 2.67. The van der Waals surface area contributed by atoms with Gasteiger partial charge in [0.25, 0.3) is 0 Å². The Hall–Kier alpha value is -2.41. The fraction of sp³-hybridized carbons (Fsp3) is 0.429. The first kappa shape index (κ1) is 21.9. The highest BCUT2D eigenvalue weighted by molar-refractivity contribution is 8.13. The van der Waals surface area contributed by atoms with Gasteiger partial charge in [-0.25, -0.2) is 9.97 Å². The predicted molar refractivity (Wildman–Crippen MR) is 115 cm³/mol. The standard InChI is InChI=1S/C20H24N4O2S.CH4/c1-3-8-26-18-13-22-16(12-23-18)17(25)11-14-5-4-6-15(10-14)20(2)7-9-27-19(21)24-20;/h4-6,10,12-13H,3,7-9,11H2,1-2H3,(H2,21,24);1H4/t20-;/m0./s1. The molecule has 0 radical (unpaired) electrons. The zero-order chi connectivity index (χ0) is 19.3. The van der Waals surface area contributed by atoms with Crippen molar-refractivity contribution in [3.8, 4) is 5.88 Å². The minimum absolute atomic E-state index is 0. The van der Waals surface area contributed by atoms with Crippen LogP contribution in [0.25, 0.3) is 0 Å². The number of rotatable bonds is 7. The Labute approximate surface area is 171 Å². The summed E-state index contributed by atoms with van der Waals surface area (Å²) in [6.45, 7) is 4.69. The Kier molecular flexibility index (Phi) is 7.57. The van der Waals surface area contributed by atoms with Crippen molar-refractivity contribution < 1.29 is 9.53 Å². The molecule has 28 heavy (non-hydrogen) atoms. The molecule has 0 unspecified atom stereocenters. The van der Waals surface area contributed by atoms with Crippen molar-refractivity contribution in [2.45, 2.75) is 46.1 Å². The normalized spacial score (nSPS) is 18.7. The molecule has 0 saturated heterocycles. The van der Waals surface area contributed by atoms with E-state index in [1.54, 1.807) is 11.8 Å². The highest BCUT2D eigenvalue weighted by Gasteiger charge is 2.29. The maximum absolute atomic E-state index is 12.6. The lowest BCUT2D eigenvalue weighted by Gasteiger charge is -2.30. The second-order valence-electron chi connectivity index (χ2n) is 6.71. The third-order valence-corrected chi connectivity index (χ3v) is 5.27. The van der Waals surface area contributed by atoms with E-state index >= 15 is 0 Å². The van der Waals surface area contributed by atoms with Gasteiger partial charge in [0.05, 0.1) is 24.5 Å². The number of aliphatic imine (C=N–C) groups is 1. The number of benzene rings is 1. The van der Waals surface area contributed by atoms with Gasteiger partial charge in [0.2, 0.25) is 5.88 Å². The molecule has 7 heteroatoms. The van der Waals surface area contributed by atoms with Gasteiger partial charge in [-0.05, 0) is 30.9 Å². The molecule has 3 rings (SSSR count). The molecule has 2 heterocycles. The molecule has 1 aromatic heterocycles. The maximum Gasteiger partial charge on any atom is 0.232 e. The minimum Gasteiger partial charge on any atom is -0.477 e. The molecule has 0 saturated carbocycles. The Bertz CT molecular complexity index is 839. The van der Waals surface area contributed by atoms with Gasteiger partial charge in [-0.3, -0.25) is 9.79 Å². The number of ether oxygens (including phenoxy) is 1. The highest BCUT2D eigenvalue weighted by atomic mass is 32.2. The van der Waals surface area contributed by atoms with Gasteiger partial charge < -0.3 is 10.5 Å². The third kappa shape index (κ3) is 5.32. The molecular weight excluding hydrogens is 372 g/mol. The topological polar surface area (TPSA) is 90.5 Å². The molecule has 1 aromatic carbocycles. The molecule has 150 valence electrons. The minimum atomic E-state index is -0.341. The van der Waals surface area contributed by atoms with Crippen LogP contribution in [0, 0.1) is 0 Å². The van der Waals surface area contributed by atoms with E-state index in [4.69, 9.17) is 10.5 Å². The van der Waals surface area contributed by atoms with E-state index in [9.17, 15) is 4.79 Å². The first-order chi connectivity index (χ1) is 13.0. The monoisotopic (exact) mass is 400 g/mol. The predicted octanol–water partition coefficient (Wildman–Crippen LogP) is 3.99. The van der Waals surface area contributed by atoms with Crippen LogP contribution in [0.5, 0.6) is 5.88 Å². The molecule has 2 aromatic rings. The van der Waals surface area contributed by atoms with Crippen LogP contribution in [0.3, 0.4) is 0 Å². The number of ketones is 1. The van der Waals surface area contributed by atoms with Crippen molar-refractivity contribution in [2.24, 2.45) is 10.7 Å². The first-order valence-electron chi connectivity index (χ1n) is 9.06. The molecule has 0 aliphatic carbocycles. The summed E-state index contributed by atoms with van der Waals surface area (Å²) in [5.41, 5.74) is 7.92. The molecule has 0 amide bonds. The Morgan fingerprint density at radius 1 is 1.32 bits per heavy atom. The van der Waals surface area contributed by atoms with Crippen molar-refractivity contribution in [1.82, 2.24) is 9.97 Å². The summed E-state index contributed by atoms with van der Waals surface area (Å²) in [5, 5.41) is 0.617. The summed E-state index contributed by atoms with van der Waals surface area (Å²) >= 11 is 1.58. The number of amidine groups is 1. The van der Waals surface area contributed by atoms with E-state index in [2.05, 4.69) is 21.9 Å². The number of carbonyl (C=O) groups is 1. The summed E-state index contributed by atoms with van der Waals surface area (Å²) < 4.78 is 5.40. The molecule has 2 N–H and O–H groups in total. The van der Waals surface area contributed by atoms with Gasteiger partial charge in [0.15, 0.2) is 11.0 Å². The zero-order valence-electron chi connectivity index (χ0n) is 15.6. The van der Waals surface area contributed by atoms with E-state index in [1.807, 2.05) is 31.2 Å². The number of hydrogen-bond donors (Lipinski definition) is 1. The molecular formula is C21H28N4O2S. The fourth-order valence-corrected chi connectivity index (χ4v) is 3.90. The van der Waals surface area contributed by atoms with Crippen LogP contribution < -0.4 is 10.5 Å². The Balaban J connectivity index is 0.00000280. The first-order valence-corrected chi connectivity index (χ1v) is 10.0. The highest BCUT2D eigenvalue weighted by Crippen LogP contribution is 2.35. The zero-order valence-corrected chi connectivity index (χ0v) is 16.5. The quantitative estimate of drug-likeness (QED) is 0.707. The Morgan fingerprint density at radius 3 is 2.82 bits per heavy atom. The third-order valence-electron chi connectivity index (χ3n) is 4.48. The summed E-state index contributed by atoms with van der Waals surface area (Å²) in [4.78, 5) is 25.5. The average molecular weight is 401 g/mol. The van der Waals surface area contributed by atoms with Crippen molar-refractivity contribution in [3.05, 3.63) is 53.5 Å². The second-order valence-corrected chi connectivity index (χ2v) is 7.83. The number of Topliss-reactive ketones (excluding diaryl/α,β-unsaturated/α-hetero) is 1. The van der Waals surface area contributed by atoms with Crippen molar-refractivity contribution in [3.63, 3.8) is 0 Å². The number of carbonyl (C=O) groups excluding carboxylic acids is 1. The summed E-state index contributed by atoms with van der Waals surface area (Å²) in [5.74, 6) is 1.31. The van der Waals surface area contributed by atoms with Gasteiger partial charge >= 0.3 is 0 Å². The molecule has 1 aliphatic heterocycles. The van der Waals surface area contributed by atoms with Gasteiger partial charge in [-0.1, -0.05) is 50.4 Å². The molecule has 1 atom stereocenters. The van der Waals surface area contributed by atoms with Crippen LogP contribution in [-0.2, 0) is 12.0 Å². The summed E-state index contributed by atoms with van der Waals surface area (Å²) in [7, 11) is 0. The van der Waals surface area contributed by atoms with Crippen molar-refractivity contribution in [2.75, 3.05) is 12.4 Å². The van der Waals surface area contributed by atoms with E-state index in [1.165, 1.54) is 12.4 Å². The van der Waals surface area contributed by atoms with Crippen LogP contribution >= 0.6 is 11.8 Å². The lowest BCUT2D eigenvalue weighted by molar-refractivity contribution is 0.0987. The molecule has 0 fully saturated rings. The van der Waals surface area contributed by atoms with Gasteiger partial charge in [0.1, 0.15) is 5.69 Å². The molecule has 0 spiro atoms. The summed E-state index contributed by atoms with van der Waals surface area (Å²) in [6.07, 6.45) is 5.05. The van der Waals surface area contributed by atoms with Gasteiger partial charge in [-0.15, -0.1) is 0 Å². The maximum atomic E-state index is 12.6. The SMILES string of the molecule is C.CCCOc1cnc(C(=O)Cc2cccc([C@]3(C)CCSC(N)=N3)c2)cn1. The summed E-state index contributed by atoms with van der Waals surface area (Å²) in [6, 6.07) is 7.99. The Morgan fingerprint density at radius 2 is 2.14 bits per heavy atom. The van der Waals surface area contributed by atoms with Crippen LogP contribution in [-0.4, -0.2) is 33.3 Å². The van der Waals surface area contributed by atoms with E-state index in [0.717, 1.165) is 29.7 Å².